The van der Waals surface area contributed by atoms with Crippen LogP contribution in [0.15, 0.2) is 24.4 Å². The van der Waals surface area contributed by atoms with E-state index in [1.807, 2.05) is 12.1 Å². The Morgan fingerprint density at radius 2 is 1.84 bits per heavy atom. The number of ether oxygens (including phenoxy) is 1. The summed E-state index contributed by atoms with van der Waals surface area (Å²) in [7, 11) is 0. The van der Waals surface area contributed by atoms with Gasteiger partial charge in [0.2, 0.25) is 11.8 Å². The lowest BCUT2D eigenvalue weighted by atomic mass is 10.3. The van der Waals surface area contributed by atoms with Crippen LogP contribution in [0.2, 0.25) is 0 Å². The predicted octanol–water partition coefficient (Wildman–Crippen LogP) is 0.731. The van der Waals surface area contributed by atoms with Crippen LogP contribution in [-0.2, 0) is 20.9 Å². The second-order valence-corrected chi connectivity index (χ2v) is 5.76. The third-order valence-corrected chi connectivity index (χ3v) is 4.01. The highest BCUT2D eigenvalue weighted by molar-refractivity contribution is 5.84. The van der Waals surface area contributed by atoms with E-state index in [1.54, 1.807) is 29.0 Å². The summed E-state index contributed by atoms with van der Waals surface area (Å²) < 4.78 is 4.96. The molecule has 1 aliphatic rings. The minimum atomic E-state index is -0.352. The van der Waals surface area contributed by atoms with Crippen LogP contribution < -0.4 is 0 Å². The van der Waals surface area contributed by atoms with Crippen LogP contribution in [0.3, 0.4) is 0 Å². The minimum absolute atomic E-state index is 0.00527. The summed E-state index contributed by atoms with van der Waals surface area (Å²) >= 11 is 0. The Hall–Kier alpha value is -2.64. The molecule has 0 bridgehead atoms. The van der Waals surface area contributed by atoms with E-state index in [-0.39, 0.29) is 24.5 Å². The molecule has 3 amide bonds. The number of aromatic nitrogens is 1. The Morgan fingerprint density at radius 3 is 2.40 bits per heavy atom. The van der Waals surface area contributed by atoms with E-state index in [0.717, 1.165) is 5.69 Å². The van der Waals surface area contributed by atoms with Gasteiger partial charge in [0.25, 0.3) is 0 Å². The van der Waals surface area contributed by atoms with Crippen molar-refractivity contribution in [3.05, 3.63) is 30.1 Å². The van der Waals surface area contributed by atoms with Gasteiger partial charge >= 0.3 is 6.09 Å². The molecule has 0 radical (unpaired) electrons. The number of rotatable bonds is 5. The van der Waals surface area contributed by atoms with E-state index in [2.05, 4.69) is 4.98 Å². The molecule has 0 saturated carbocycles. The lowest BCUT2D eigenvalue weighted by Crippen LogP contribution is -2.53. The van der Waals surface area contributed by atoms with Crippen LogP contribution in [0.4, 0.5) is 4.79 Å². The fraction of sp³-hybridized carbons (Fsp3) is 0.529. The zero-order chi connectivity index (χ0) is 18.2. The normalized spacial score (nSPS) is 14.2. The van der Waals surface area contributed by atoms with Crippen molar-refractivity contribution < 1.29 is 19.1 Å². The van der Waals surface area contributed by atoms with Crippen molar-refractivity contribution in [2.24, 2.45) is 0 Å². The average molecular weight is 348 g/mol. The fourth-order valence-corrected chi connectivity index (χ4v) is 2.58. The van der Waals surface area contributed by atoms with Crippen LogP contribution in [0, 0.1) is 0 Å². The van der Waals surface area contributed by atoms with Gasteiger partial charge in [-0.1, -0.05) is 6.07 Å². The van der Waals surface area contributed by atoms with Gasteiger partial charge in [-0.2, -0.15) is 0 Å². The molecule has 1 aromatic rings. The summed E-state index contributed by atoms with van der Waals surface area (Å²) in [5.41, 5.74) is 0.734. The van der Waals surface area contributed by atoms with Crippen molar-refractivity contribution in [2.45, 2.75) is 20.4 Å². The van der Waals surface area contributed by atoms with Gasteiger partial charge in [-0.15, -0.1) is 0 Å². The third kappa shape index (κ3) is 5.44. The van der Waals surface area contributed by atoms with Gasteiger partial charge in [0.05, 0.1) is 18.8 Å². The smallest absolute Gasteiger partial charge is 0.409 e. The van der Waals surface area contributed by atoms with Gasteiger partial charge < -0.3 is 19.4 Å². The maximum Gasteiger partial charge on any atom is 0.409 e. The summed E-state index contributed by atoms with van der Waals surface area (Å²) in [6.07, 6.45) is 1.31. The van der Waals surface area contributed by atoms with Gasteiger partial charge in [-0.05, 0) is 19.1 Å². The molecule has 0 unspecified atom stereocenters. The number of nitrogens with zero attached hydrogens (tertiary/aromatic N) is 4. The molecule has 0 spiro atoms. The van der Waals surface area contributed by atoms with Crippen molar-refractivity contribution in [2.75, 3.05) is 39.3 Å². The van der Waals surface area contributed by atoms with Crippen LogP contribution in [0.5, 0.6) is 0 Å². The molecule has 0 aliphatic carbocycles. The number of pyridine rings is 1. The molecular weight excluding hydrogens is 324 g/mol. The monoisotopic (exact) mass is 348 g/mol. The van der Waals surface area contributed by atoms with Gasteiger partial charge in [-0.3, -0.25) is 14.6 Å². The molecule has 25 heavy (non-hydrogen) atoms. The first-order valence-corrected chi connectivity index (χ1v) is 8.36. The Balaban J connectivity index is 1.87. The van der Waals surface area contributed by atoms with Crippen molar-refractivity contribution in [1.82, 2.24) is 19.7 Å². The quantitative estimate of drug-likeness (QED) is 0.783. The van der Waals surface area contributed by atoms with E-state index < -0.39 is 0 Å². The van der Waals surface area contributed by atoms with Gasteiger partial charge in [-0.25, -0.2) is 4.79 Å². The van der Waals surface area contributed by atoms with Gasteiger partial charge in [0.1, 0.15) is 6.54 Å². The Kier molecular flexibility index (Phi) is 6.73. The Labute approximate surface area is 147 Å². The molecule has 2 rings (SSSR count). The zero-order valence-corrected chi connectivity index (χ0v) is 14.7. The van der Waals surface area contributed by atoms with Crippen molar-refractivity contribution in [1.29, 1.82) is 0 Å². The van der Waals surface area contributed by atoms with Crippen molar-refractivity contribution >= 4 is 17.9 Å². The highest BCUT2D eigenvalue weighted by atomic mass is 16.6. The van der Waals surface area contributed by atoms with Crippen molar-refractivity contribution in [3.63, 3.8) is 0 Å². The van der Waals surface area contributed by atoms with E-state index in [0.29, 0.717) is 39.3 Å². The average Bonchev–Trinajstić information content (AvgIpc) is 2.62. The van der Waals surface area contributed by atoms with E-state index in [1.165, 1.54) is 11.8 Å². The molecule has 8 nitrogen and oxygen atoms in total. The first kappa shape index (κ1) is 18.7. The number of hydrogen-bond donors (Lipinski definition) is 0. The standard InChI is InChI=1S/C17H24N4O4/c1-3-25-17(24)20-10-8-19(9-11-20)16(23)13-21(14(2)22)12-15-6-4-5-7-18-15/h4-7H,3,8-13H2,1-2H3. The molecule has 0 N–H and O–H groups in total. The fourth-order valence-electron chi connectivity index (χ4n) is 2.58. The number of carbonyl (C=O) groups is 3. The van der Waals surface area contributed by atoms with Gasteiger partial charge in [0.15, 0.2) is 0 Å². The van der Waals surface area contributed by atoms with Crippen molar-refractivity contribution in [3.8, 4) is 0 Å². The van der Waals surface area contributed by atoms with E-state index in [9.17, 15) is 14.4 Å². The molecule has 136 valence electrons. The lowest BCUT2D eigenvalue weighted by Gasteiger charge is -2.35. The highest BCUT2D eigenvalue weighted by Crippen LogP contribution is 2.07. The van der Waals surface area contributed by atoms with Crippen LogP contribution in [-0.4, -0.2) is 76.9 Å². The summed E-state index contributed by atoms with van der Waals surface area (Å²) in [4.78, 5) is 44.9. The molecule has 0 atom stereocenters. The van der Waals surface area contributed by atoms with Crippen LogP contribution in [0.25, 0.3) is 0 Å². The van der Waals surface area contributed by atoms with E-state index >= 15 is 0 Å². The molecular formula is C17H24N4O4. The molecule has 0 aromatic carbocycles. The maximum atomic E-state index is 12.5. The Morgan fingerprint density at radius 1 is 1.16 bits per heavy atom. The van der Waals surface area contributed by atoms with Gasteiger partial charge in [0, 0.05) is 39.3 Å². The highest BCUT2D eigenvalue weighted by Gasteiger charge is 2.26. The number of amides is 3. The maximum absolute atomic E-state index is 12.5. The number of piperazine rings is 1. The lowest BCUT2D eigenvalue weighted by molar-refractivity contribution is -0.140. The molecule has 1 aromatic heterocycles. The predicted molar refractivity (Wildman–Crippen MR) is 90.5 cm³/mol. The molecule has 1 aliphatic heterocycles. The largest absolute Gasteiger partial charge is 0.450 e. The second kappa shape index (κ2) is 9.00. The molecule has 8 heteroatoms. The first-order valence-electron chi connectivity index (χ1n) is 8.36. The summed E-state index contributed by atoms with van der Waals surface area (Å²) in [5.74, 6) is -0.307. The van der Waals surface area contributed by atoms with Crippen LogP contribution in [0.1, 0.15) is 19.5 Å². The summed E-state index contributed by atoms with van der Waals surface area (Å²) in [6.45, 7) is 5.58. The van der Waals surface area contributed by atoms with E-state index in [4.69, 9.17) is 4.74 Å². The second-order valence-electron chi connectivity index (χ2n) is 5.76. The minimum Gasteiger partial charge on any atom is -0.450 e. The molecule has 1 saturated heterocycles. The zero-order valence-electron chi connectivity index (χ0n) is 14.7. The summed E-state index contributed by atoms with van der Waals surface area (Å²) in [5, 5.41) is 0. The SMILES string of the molecule is CCOC(=O)N1CCN(C(=O)CN(Cc2ccccn2)C(C)=O)CC1. The van der Waals surface area contributed by atoms with Crippen LogP contribution >= 0.6 is 0 Å². The molecule has 2 heterocycles. The number of hydrogen-bond acceptors (Lipinski definition) is 5. The number of carbonyl (C=O) groups excluding carboxylic acids is 3. The summed E-state index contributed by atoms with van der Waals surface area (Å²) in [6, 6.07) is 5.46. The first-order chi connectivity index (χ1) is 12.0. The third-order valence-electron chi connectivity index (χ3n) is 4.01. The topological polar surface area (TPSA) is 83.1 Å². The Bertz CT molecular complexity index is 600. The molecule has 1 fully saturated rings.